The van der Waals surface area contributed by atoms with E-state index in [1.54, 1.807) is 51.1 Å². The Morgan fingerprint density at radius 3 is 2.58 bits per heavy atom. The van der Waals surface area contributed by atoms with Crippen LogP contribution >= 0.6 is 11.3 Å². The van der Waals surface area contributed by atoms with Crippen LogP contribution in [0.2, 0.25) is 0 Å². The molecule has 0 aliphatic carbocycles. The quantitative estimate of drug-likeness (QED) is 0.616. The molecule has 0 fully saturated rings. The van der Waals surface area contributed by atoms with Gasteiger partial charge in [0.2, 0.25) is 0 Å². The number of aromatic nitrogens is 1. The lowest BCUT2D eigenvalue weighted by Gasteiger charge is -2.22. The van der Waals surface area contributed by atoms with Crippen LogP contribution in [0.4, 0.5) is 0 Å². The van der Waals surface area contributed by atoms with Crippen LogP contribution in [0.15, 0.2) is 43.5 Å². The molecule has 9 heteroatoms. The monoisotopic (exact) mass is 437 g/mol. The van der Waals surface area contributed by atoms with E-state index < -0.39 is 17.4 Å². The van der Waals surface area contributed by atoms with E-state index >= 15 is 0 Å². The van der Waals surface area contributed by atoms with Gasteiger partial charge in [0.1, 0.15) is 33.5 Å². The molecule has 0 amide bonds. The first kappa shape index (κ1) is 20.5. The largest absolute Gasteiger partial charge is 0.465 e. The Morgan fingerprint density at radius 1 is 1.29 bits per heavy atom. The van der Waals surface area contributed by atoms with Crippen LogP contribution in [0.1, 0.15) is 35.9 Å². The maximum Gasteiger partial charge on any atom is 0.338 e. The van der Waals surface area contributed by atoms with Crippen molar-refractivity contribution in [1.29, 1.82) is 5.26 Å². The average molecular weight is 437 g/mol. The number of ether oxygens (including phenoxy) is 1. The number of carbonyl (C=O) groups excluding carboxylic acids is 1. The first-order valence-corrected chi connectivity index (χ1v) is 10.3. The first-order valence-electron chi connectivity index (χ1n) is 9.53. The van der Waals surface area contributed by atoms with Crippen LogP contribution in [0.25, 0.3) is 17.5 Å². The highest BCUT2D eigenvalue weighted by atomic mass is 32.1. The molecule has 0 aromatic carbocycles. The average Bonchev–Trinajstić information content (AvgIpc) is 3.42. The number of carbonyl (C=O) groups is 1. The van der Waals surface area contributed by atoms with E-state index in [-0.39, 0.29) is 23.6 Å². The number of furan rings is 2. The Kier molecular flexibility index (Phi) is 5.17. The number of thiazole rings is 1. The lowest BCUT2D eigenvalue weighted by atomic mass is 9.88. The van der Waals surface area contributed by atoms with Crippen LogP contribution in [-0.4, -0.2) is 17.1 Å². The number of hydrogen-bond donors (Lipinski definition) is 1. The number of nitrogens with zero attached hydrogens (tertiary/aromatic N) is 2. The van der Waals surface area contributed by atoms with Gasteiger partial charge in [-0.15, -0.1) is 11.3 Å². The van der Waals surface area contributed by atoms with Crippen LogP contribution in [-0.2, 0) is 9.53 Å². The molecule has 2 N–H and O–H groups in total. The van der Waals surface area contributed by atoms with E-state index in [1.165, 1.54) is 4.57 Å². The second kappa shape index (κ2) is 7.81. The van der Waals surface area contributed by atoms with Gasteiger partial charge in [-0.05, 0) is 45.0 Å². The normalized spacial score (nSPS) is 16.4. The smallest absolute Gasteiger partial charge is 0.338 e. The minimum Gasteiger partial charge on any atom is -0.465 e. The van der Waals surface area contributed by atoms with Crippen LogP contribution < -0.4 is 20.5 Å². The number of allylic oxidation sites excluding steroid dienone is 1. The number of rotatable bonds is 4. The van der Waals surface area contributed by atoms with Gasteiger partial charge in [0.15, 0.2) is 0 Å². The number of aryl methyl sites for hydroxylation is 2. The van der Waals surface area contributed by atoms with E-state index in [1.807, 2.05) is 0 Å². The summed E-state index contributed by atoms with van der Waals surface area (Å²) in [6.07, 6.45) is 1.58. The van der Waals surface area contributed by atoms with E-state index in [4.69, 9.17) is 19.3 Å². The molecule has 4 rings (SSSR count). The van der Waals surface area contributed by atoms with Crippen molar-refractivity contribution in [2.24, 2.45) is 5.73 Å². The van der Waals surface area contributed by atoms with Gasteiger partial charge in [0.25, 0.3) is 5.56 Å². The number of hydrogen-bond acceptors (Lipinski definition) is 8. The Morgan fingerprint density at radius 2 is 2.00 bits per heavy atom. The molecule has 0 unspecified atom stereocenters. The van der Waals surface area contributed by atoms with Gasteiger partial charge < -0.3 is 19.3 Å². The summed E-state index contributed by atoms with van der Waals surface area (Å²) in [5, 5.41) is 9.86. The summed E-state index contributed by atoms with van der Waals surface area (Å²) in [5.41, 5.74) is 6.00. The topological polar surface area (TPSA) is 124 Å². The van der Waals surface area contributed by atoms with E-state index in [0.29, 0.717) is 32.2 Å². The van der Waals surface area contributed by atoms with E-state index in [9.17, 15) is 14.9 Å². The molecule has 0 saturated carbocycles. The third kappa shape index (κ3) is 3.41. The minimum absolute atomic E-state index is 0.0406. The van der Waals surface area contributed by atoms with Gasteiger partial charge in [-0.3, -0.25) is 9.36 Å². The van der Waals surface area contributed by atoms with Crippen LogP contribution in [0, 0.1) is 25.2 Å². The maximum absolute atomic E-state index is 13.2. The number of fused-ring (bicyclic) bond motifs is 1. The molecule has 8 nitrogen and oxygen atoms in total. The van der Waals surface area contributed by atoms with Gasteiger partial charge >= 0.3 is 5.97 Å². The zero-order valence-electron chi connectivity index (χ0n) is 17.1. The molecular formula is C22H19N3O5S. The number of nitrogens with two attached hydrogens (primary N) is 1. The van der Waals surface area contributed by atoms with E-state index in [2.05, 4.69) is 6.07 Å². The lowest BCUT2D eigenvalue weighted by Crippen LogP contribution is -2.40. The fourth-order valence-electron chi connectivity index (χ4n) is 3.51. The summed E-state index contributed by atoms with van der Waals surface area (Å²) in [7, 11) is 0. The maximum atomic E-state index is 13.2. The minimum atomic E-state index is -0.880. The molecule has 1 aliphatic rings. The summed E-state index contributed by atoms with van der Waals surface area (Å²) in [4.78, 5) is 26.1. The molecule has 0 radical (unpaired) electrons. The van der Waals surface area contributed by atoms with E-state index in [0.717, 1.165) is 11.3 Å². The van der Waals surface area contributed by atoms with Crippen molar-refractivity contribution in [2.75, 3.05) is 6.61 Å². The second-order valence-corrected chi connectivity index (χ2v) is 7.96. The molecule has 31 heavy (non-hydrogen) atoms. The lowest BCUT2D eigenvalue weighted by molar-refractivity contribution is -0.136. The van der Waals surface area contributed by atoms with Crippen molar-refractivity contribution in [3.05, 3.63) is 72.4 Å². The van der Waals surface area contributed by atoms with Crippen molar-refractivity contribution in [1.82, 2.24) is 4.57 Å². The summed E-state index contributed by atoms with van der Waals surface area (Å²) >= 11 is 1.08. The van der Waals surface area contributed by atoms with Crippen molar-refractivity contribution in [3.8, 4) is 6.07 Å². The highest BCUT2D eigenvalue weighted by molar-refractivity contribution is 7.07. The first-order chi connectivity index (χ1) is 14.8. The van der Waals surface area contributed by atoms with Crippen LogP contribution in [0.5, 0.6) is 0 Å². The molecule has 0 spiro atoms. The summed E-state index contributed by atoms with van der Waals surface area (Å²) in [6.45, 7) is 5.37. The molecule has 0 saturated heterocycles. The van der Waals surface area contributed by atoms with Crippen molar-refractivity contribution in [3.63, 3.8) is 0 Å². The SMILES string of the molecule is CCOC(=O)C1=c2sc(=Cc3ccc(C)o3)c(=O)n2C(N)=C(C#N)[C@H]1c1ccc(C)o1. The third-order valence-electron chi connectivity index (χ3n) is 4.84. The number of nitriles is 1. The molecule has 0 bridgehead atoms. The Balaban J connectivity index is 2.10. The van der Waals surface area contributed by atoms with Crippen LogP contribution in [0.3, 0.4) is 0 Å². The molecule has 1 atom stereocenters. The predicted molar refractivity (Wildman–Crippen MR) is 114 cm³/mol. The molecule has 4 heterocycles. The predicted octanol–water partition coefficient (Wildman–Crippen LogP) is 1.70. The Labute approximate surface area is 180 Å². The molecule has 1 aliphatic heterocycles. The summed E-state index contributed by atoms with van der Waals surface area (Å²) in [5.74, 6) is 0.622. The molecule has 3 aromatic rings. The molecular weight excluding hydrogens is 418 g/mol. The van der Waals surface area contributed by atoms with Crippen molar-refractivity contribution in [2.45, 2.75) is 26.7 Å². The van der Waals surface area contributed by atoms with Gasteiger partial charge in [-0.25, -0.2) is 4.79 Å². The van der Waals surface area contributed by atoms with Crippen molar-refractivity contribution >= 4 is 34.8 Å². The fourth-order valence-corrected chi connectivity index (χ4v) is 4.65. The fraction of sp³-hybridized carbons (Fsp3) is 0.227. The van der Waals surface area contributed by atoms with Gasteiger partial charge in [-0.2, -0.15) is 5.26 Å². The summed E-state index contributed by atoms with van der Waals surface area (Å²) < 4.78 is 18.3. The standard InChI is InChI=1S/C22H19N3O5S/c1-4-28-22(27)18-17(15-8-6-12(3)30-15)14(10-23)19(24)25-20(26)16(31-21(18)25)9-13-7-5-11(2)29-13/h5-9,17H,4,24H2,1-3H3/t17-/m0/s1. The molecule has 158 valence electrons. The van der Waals surface area contributed by atoms with Gasteiger partial charge in [-0.1, -0.05) is 0 Å². The van der Waals surface area contributed by atoms with Crippen molar-refractivity contribution < 1.29 is 18.4 Å². The Bertz CT molecular complexity index is 1440. The van der Waals surface area contributed by atoms with Gasteiger partial charge in [0.05, 0.1) is 34.3 Å². The number of esters is 1. The zero-order chi connectivity index (χ0) is 22.3. The third-order valence-corrected chi connectivity index (χ3v) is 5.95. The zero-order valence-corrected chi connectivity index (χ0v) is 17.9. The molecule has 3 aromatic heterocycles. The highest BCUT2D eigenvalue weighted by Gasteiger charge is 2.38. The Hall–Kier alpha value is -3.77. The second-order valence-electron chi connectivity index (χ2n) is 6.93. The van der Waals surface area contributed by atoms with Gasteiger partial charge in [0, 0.05) is 6.08 Å². The highest BCUT2D eigenvalue weighted by Crippen LogP contribution is 2.37. The summed E-state index contributed by atoms with van der Waals surface area (Å²) in [6, 6.07) is 8.99.